The number of hydrogen-bond donors (Lipinski definition) is 0. The second-order valence-electron chi connectivity index (χ2n) is 5.29. The summed E-state index contributed by atoms with van der Waals surface area (Å²) in [5, 5.41) is 4.60. The van der Waals surface area contributed by atoms with E-state index in [4.69, 9.17) is 11.6 Å². The van der Waals surface area contributed by atoms with E-state index in [0.717, 1.165) is 24.0 Å². The minimum Gasteiger partial charge on any atom is -0.212 e. The zero-order valence-electron chi connectivity index (χ0n) is 11.4. The quantitative estimate of drug-likeness (QED) is 0.799. The molecule has 0 amide bonds. The Labute approximate surface area is 134 Å². The van der Waals surface area contributed by atoms with Crippen LogP contribution in [0.25, 0.3) is 0 Å². The van der Waals surface area contributed by atoms with Gasteiger partial charge < -0.3 is 0 Å². The number of halogens is 1. The molecular formula is C15H16ClNO2S2. The maximum atomic E-state index is 12.7. The van der Waals surface area contributed by atoms with Crippen molar-refractivity contribution in [2.45, 2.75) is 31.2 Å². The lowest BCUT2D eigenvalue weighted by Crippen LogP contribution is -2.33. The Bertz CT molecular complexity index is 692. The Morgan fingerprint density at radius 1 is 1.14 bits per heavy atom. The molecule has 3 rings (SSSR count). The van der Waals surface area contributed by atoms with Gasteiger partial charge in [-0.05, 0) is 52.9 Å². The monoisotopic (exact) mass is 341 g/mol. The Morgan fingerprint density at radius 2 is 1.86 bits per heavy atom. The largest absolute Gasteiger partial charge is 0.218 e. The average molecular weight is 342 g/mol. The van der Waals surface area contributed by atoms with Crippen LogP contribution < -0.4 is 0 Å². The van der Waals surface area contributed by atoms with Gasteiger partial charge in [0.15, 0.2) is 0 Å². The molecule has 1 aliphatic carbocycles. The first-order valence-electron chi connectivity index (χ1n) is 6.80. The minimum absolute atomic E-state index is 0.0325. The molecule has 2 aromatic rings. The van der Waals surface area contributed by atoms with E-state index < -0.39 is 10.0 Å². The van der Waals surface area contributed by atoms with Crippen molar-refractivity contribution in [3.63, 3.8) is 0 Å². The molecule has 3 nitrogen and oxygen atoms in total. The lowest BCUT2D eigenvalue weighted by molar-refractivity contribution is 0.398. The minimum atomic E-state index is -3.31. The van der Waals surface area contributed by atoms with Gasteiger partial charge in [0.1, 0.15) is 0 Å². The highest BCUT2D eigenvalue weighted by Crippen LogP contribution is 2.32. The van der Waals surface area contributed by atoms with Crippen LogP contribution in [0.3, 0.4) is 0 Å². The van der Waals surface area contributed by atoms with Gasteiger partial charge in [0.2, 0.25) is 10.0 Å². The first kappa shape index (κ1) is 15.0. The third-order valence-electron chi connectivity index (χ3n) is 3.49. The van der Waals surface area contributed by atoms with E-state index in [1.165, 1.54) is 0 Å². The molecule has 0 N–H and O–H groups in total. The van der Waals surface area contributed by atoms with Crippen LogP contribution in [0.2, 0.25) is 5.02 Å². The lowest BCUT2D eigenvalue weighted by atomic mass is 10.2. The van der Waals surface area contributed by atoms with Crippen LogP contribution in [0.15, 0.2) is 41.1 Å². The third kappa shape index (κ3) is 3.86. The fourth-order valence-electron chi connectivity index (χ4n) is 2.25. The summed E-state index contributed by atoms with van der Waals surface area (Å²) < 4.78 is 27.0. The molecule has 0 unspecified atom stereocenters. The predicted molar refractivity (Wildman–Crippen MR) is 87.0 cm³/mol. The second kappa shape index (κ2) is 6.08. The highest BCUT2D eigenvalue weighted by molar-refractivity contribution is 7.88. The highest BCUT2D eigenvalue weighted by atomic mass is 35.5. The topological polar surface area (TPSA) is 37.4 Å². The van der Waals surface area contributed by atoms with Crippen molar-refractivity contribution < 1.29 is 8.42 Å². The Kier molecular flexibility index (Phi) is 4.36. The average Bonchev–Trinajstić information content (AvgIpc) is 3.14. The summed E-state index contributed by atoms with van der Waals surface area (Å²) in [7, 11) is -3.31. The van der Waals surface area contributed by atoms with E-state index in [0.29, 0.717) is 11.6 Å². The molecule has 1 aromatic heterocycles. The fourth-order valence-corrected chi connectivity index (χ4v) is 4.83. The Hall–Kier alpha value is -0.880. The SMILES string of the molecule is O=S(=O)(Cc1ccc(Cl)cc1)N(Cc1ccsc1)C1CC1. The molecule has 0 saturated heterocycles. The summed E-state index contributed by atoms with van der Waals surface area (Å²) in [5.74, 6) is 0.0325. The summed E-state index contributed by atoms with van der Waals surface area (Å²) in [4.78, 5) is 0. The number of sulfonamides is 1. The van der Waals surface area contributed by atoms with Crippen molar-refractivity contribution >= 4 is 33.0 Å². The Balaban J connectivity index is 1.78. The van der Waals surface area contributed by atoms with Crippen LogP contribution in [-0.2, 0) is 22.3 Å². The molecule has 0 spiro atoms. The summed E-state index contributed by atoms with van der Waals surface area (Å²) in [5.41, 5.74) is 1.84. The molecule has 112 valence electrons. The third-order valence-corrected chi connectivity index (χ3v) is 6.32. The molecule has 1 fully saturated rings. The number of thiophene rings is 1. The van der Waals surface area contributed by atoms with Crippen molar-refractivity contribution in [1.29, 1.82) is 0 Å². The standard InChI is InChI=1S/C15H16ClNO2S2/c16-14-3-1-12(2-4-14)11-21(18,19)17(15-5-6-15)9-13-7-8-20-10-13/h1-4,7-8,10,15H,5-6,9,11H2. The Morgan fingerprint density at radius 3 is 2.43 bits per heavy atom. The molecule has 1 heterocycles. The van der Waals surface area contributed by atoms with E-state index in [9.17, 15) is 8.42 Å². The van der Waals surface area contributed by atoms with Crippen molar-refractivity contribution in [2.24, 2.45) is 0 Å². The summed E-state index contributed by atoms with van der Waals surface area (Å²) >= 11 is 7.44. The van der Waals surface area contributed by atoms with E-state index in [2.05, 4.69) is 0 Å². The highest BCUT2D eigenvalue weighted by Gasteiger charge is 2.37. The molecule has 21 heavy (non-hydrogen) atoms. The maximum absolute atomic E-state index is 12.7. The zero-order chi connectivity index (χ0) is 14.9. The summed E-state index contributed by atoms with van der Waals surface area (Å²) in [6.07, 6.45) is 1.92. The van der Waals surface area contributed by atoms with Gasteiger partial charge in [-0.15, -0.1) is 0 Å². The zero-order valence-corrected chi connectivity index (χ0v) is 13.8. The fraction of sp³-hybridized carbons (Fsp3) is 0.333. The summed E-state index contributed by atoms with van der Waals surface area (Å²) in [6, 6.07) is 9.16. The van der Waals surface area contributed by atoms with Crippen LogP contribution in [0.5, 0.6) is 0 Å². The van der Waals surface area contributed by atoms with Crippen LogP contribution >= 0.6 is 22.9 Å². The second-order valence-corrected chi connectivity index (χ2v) is 8.43. The first-order valence-corrected chi connectivity index (χ1v) is 9.72. The molecule has 0 radical (unpaired) electrons. The van der Waals surface area contributed by atoms with Crippen LogP contribution in [0, 0.1) is 0 Å². The molecule has 6 heteroatoms. The van der Waals surface area contributed by atoms with Gasteiger partial charge in [0, 0.05) is 17.6 Å². The molecule has 0 bridgehead atoms. The van der Waals surface area contributed by atoms with Crippen LogP contribution in [-0.4, -0.2) is 18.8 Å². The van der Waals surface area contributed by atoms with Gasteiger partial charge >= 0.3 is 0 Å². The molecular weight excluding hydrogens is 326 g/mol. The van der Waals surface area contributed by atoms with Crippen LogP contribution in [0.1, 0.15) is 24.0 Å². The van der Waals surface area contributed by atoms with Gasteiger partial charge in [-0.25, -0.2) is 8.42 Å². The maximum Gasteiger partial charge on any atom is 0.218 e. The van der Waals surface area contributed by atoms with Gasteiger partial charge in [-0.1, -0.05) is 23.7 Å². The molecule has 1 aliphatic rings. The molecule has 0 atom stereocenters. The first-order chi connectivity index (χ1) is 10.0. The van der Waals surface area contributed by atoms with Crippen molar-refractivity contribution in [1.82, 2.24) is 4.31 Å². The number of benzene rings is 1. The van der Waals surface area contributed by atoms with Gasteiger partial charge in [-0.2, -0.15) is 15.6 Å². The number of hydrogen-bond acceptors (Lipinski definition) is 3. The summed E-state index contributed by atoms with van der Waals surface area (Å²) in [6.45, 7) is 0.476. The van der Waals surface area contributed by atoms with Crippen molar-refractivity contribution in [3.8, 4) is 0 Å². The molecule has 0 aliphatic heterocycles. The van der Waals surface area contributed by atoms with E-state index >= 15 is 0 Å². The normalized spacial score (nSPS) is 15.5. The van der Waals surface area contributed by atoms with Crippen molar-refractivity contribution in [2.75, 3.05) is 0 Å². The van der Waals surface area contributed by atoms with E-state index in [1.54, 1.807) is 39.9 Å². The van der Waals surface area contributed by atoms with Gasteiger partial charge in [0.05, 0.1) is 5.75 Å². The van der Waals surface area contributed by atoms with Gasteiger partial charge in [0.25, 0.3) is 0 Å². The smallest absolute Gasteiger partial charge is 0.212 e. The number of rotatable bonds is 6. The van der Waals surface area contributed by atoms with Crippen molar-refractivity contribution in [3.05, 3.63) is 57.2 Å². The predicted octanol–water partition coefficient (Wildman–Crippen LogP) is 3.90. The molecule has 1 aromatic carbocycles. The number of nitrogens with zero attached hydrogens (tertiary/aromatic N) is 1. The lowest BCUT2D eigenvalue weighted by Gasteiger charge is -2.21. The van der Waals surface area contributed by atoms with E-state index in [1.807, 2.05) is 16.8 Å². The van der Waals surface area contributed by atoms with Gasteiger partial charge in [-0.3, -0.25) is 0 Å². The van der Waals surface area contributed by atoms with Crippen LogP contribution in [0.4, 0.5) is 0 Å². The van der Waals surface area contributed by atoms with E-state index in [-0.39, 0.29) is 11.8 Å². The molecule has 1 saturated carbocycles.